The van der Waals surface area contributed by atoms with Crippen molar-refractivity contribution < 1.29 is 14.7 Å². The zero-order valence-electron chi connectivity index (χ0n) is 12.5. The molecular weight excluding hydrogens is 256 g/mol. The van der Waals surface area contributed by atoms with Gasteiger partial charge in [-0.2, -0.15) is 0 Å². The van der Waals surface area contributed by atoms with Gasteiger partial charge in [0.05, 0.1) is 5.41 Å². The van der Waals surface area contributed by atoms with Gasteiger partial charge < -0.3 is 15.3 Å². The van der Waals surface area contributed by atoms with Crippen molar-refractivity contribution in [3.05, 3.63) is 0 Å². The quantitative estimate of drug-likeness (QED) is 0.813. The van der Waals surface area contributed by atoms with E-state index in [1.165, 1.54) is 19.3 Å². The Kier molecular flexibility index (Phi) is 4.55. The third-order valence-electron chi connectivity index (χ3n) is 5.40. The number of fused-ring (bicyclic) bond motifs is 1. The molecule has 0 aromatic heterocycles. The lowest BCUT2D eigenvalue weighted by Crippen LogP contribution is -2.47. The maximum Gasteiger partial charge on any atom is 0.317 e. The highest BCUT2D eigenvalue weighted by molar-refractivity contribution is 5.78. The summed E-state index contributed by atoms with van der Waals surface area (Å²) in [6, 6.07) is -0.0908. The number of hydrogen-bond donors (Lipinski definition) is 2. The highest BCUT2D eigenvalue weighted by atomic mass is 16.4. The maximum atomic E-state index is 12.2. The summed E-state index contributed by atoms with van der Waals surface area (Å²) in [7, 11) is 0. The number of nitrogens with zero attached hydrogens (tertiary/aromatic N) is 1. The Morgan fingerprint density at radius 3 is 2.20 bits per heavy atom. The van der Waals surface area contributed by atoms with Crippen LogP contribution in [0.5, 0.6) is 0 Å². The number of likely N-dealkylation sites (tertiary alicyclic amines) is 1. The van der Waals surface area contributed by atoms with Gasteiger partial charge >= 0.3 is 12.0 Å². The number of amides is 2. The van der Waals surface area contributed by atoms with Gasteiger partial charge in [-0.1, -0.05) is 20.3 Å². The van der Waals surface area contributed by atoms with E-state index in [0.29, 0.717) is 24.7 Å². The Balaban J connectivity index is 1.87. The number of rotatable bonds is 5. The molecule has 0 bridgehead atoms. The number of aliphatic carboxylic acids is 1. The fourth-order valence-corrected chi connectivity index (χ4v) is 3.64. The molecule has 2 rings (SSSR count). The molecular formula is C15H26N2O3. The number of carbonyl (C=O) groups is 2. The van der Waals surface area contributed by atoms with Crippen LogP contribution in [-0.4, -0.2) is 41.6 Å². The minimum absolute atomic E-state index is 0.0908. The molecule has 2 amide bonds. The van der Waals surface area contributed by atoms with Crippen molar-refractivity contribution in [2.75, 3.05) is 19.6 Å². The van der Waals surface area contributed by atoms with E-state index in [0.717, 1.165) is 13.1 Å². The van der Waals surface area contributed by atoms with Gasteiger partial charge in [0.1, 0.15) is 0 Å². The highest BCUT2D eigenvalue weighted by Crippen LogP contribution is 2.37. The van der Waals surface area contributed by atoms with Gasteiger partial charge in [-0.3, -0.25) is 4.79 Å². The topological polar surface area (TPSA) is 69.6 Å². The van der Waals surface area contributed by atoms with Crippen molar-refractivity contribution in [2.45, 2.75) is 46.0 Å². The molecule has 1 heterocycles. The van der Waals surface area contributed by atoms with Crippen molar-refractivity contribution in [1.82, 2.24) is 10.2 Å². The summed E-state index contributed by atoms with van der Waals surface area (Å²) in [5, 5.41) is 12.2. The zero-order chi connectivity index (χ0) is 14.8. The molecule has 20 heavy (non-hydrogen) atoms. The summed E-state index contributed by atoms with van der Waals surface area (Å²) in [6.07, 6.45) is 4.82. The SMILES string of the molecule is CCC(CC)(CNC(=O)N1CC2CCCC2C1)C(=O)O. The summed E-state index contributed by atoms with van der Waals surface area (Å²) in [6.45, 7) is 5.64. The van der Waals surface area contributed by atoms with Gasteiger partial charge in [-0.25, -0.2) is 4.79 Å². The number of carboxylic acids is 1. The standard InChI is InChI=1S/C15H26N2O3/c1-3-15(4-2,13(18)19)10-16-14(20)17-8-11-6-5-7-12(11)9-17/h11-12H,3-10H2,1-2H3,(H,16,20)(H,18,19). The molecule has 1 aliphatic heterocycles. The van der Waals surface area contributed by atoms with Crippen molar-refractivity contribution in [1.29, 1.82) is 0 Å². The van der Waals surface area contributed by atoms with Crippen LogP contribution in [0.2, 0.25) is 0 Å². The van der Waals surface area contributed by atoms with E-state index in [2.05, 4.69) is 5.32 Å². The van der Waals surface area contributed by atoms with Crippen molar-refractivity contribution in [3.63, 3.8) is 0 Å². The largest absolute Gasteiger partial charge is 0.481 e. The monoisotopic (exact) mass is 282 g/mol. The molecule has 2 atom stereocenters. The predicted molar refractivity (Wildman–Crippen MR) is 76.5 cm³/mol. The minimum atomic E-state index is -0.828. The molecule has 1 saturated carbocycles. The van der Waals surface area contributed by atoms with Gasteiger partial charge in [-0.05, 0) is 37.5 Å². The second-order valence-electron chi connectivity index (χ2n) is 6.31. The molecule has 5 nitrogen and oxygen atoms in total. The molecule has 2 aliphatic rings. The van der Waals surface area contributed by atoms with Crippen LogP contribution in [0.25, 0.3) is 0 Å². The first-order valence-electron chi connectivity index (χ1n) is 7.78. The lowest BCUT2D eigenvalue weighted by Gasteiger charge is -2.28. The Morgan fingerprint density at radius 2 is 1.75 bits per heavy atom. The van der Waals surface area contributed by atoms with E-state index in [4.69, 9.17) is 0 Å². The van der Waals surface area contributed by atoms with Gasteiger partial charge in [0, 0.05) is 19.6 Å². The molecule has 0 spiro atoms. The smallest absolute Gasteiger partial charge is 0.317 e. The van der Waals surface area contributed by atoms with Crippen LogP contribution in [0.1, 0.15) is 46.0 Å². The predicted octanol–water partition coefficient (Wildman–Crippen LogP) is 2.32. The molecule has 2 unspecified atom stereocenters. The summed E-state index contributed by atoms with van der Waals surface area (Å²) in [5.41, 5.74) is -0.828. The molecule has 2 N–H and O–H groups in total. The second kappa shape index (κ2) is 6.02. The lowest BCUT2D eigenvalue weighted by atomic mass is 9.82. The number of carbonyl (C=O) groups excluding carboxylic acids is 1. The Morgan fingerprint density at radius 1 is 1.20 bits per heavy atom. The Hall–Kier alpha value is -1.26. The highest BCUT2D eigenvalue weighted by Gasteiger charge is 2.39. The minimum Gasteiger partial charge on any atom is -0.481 e. The van der Waals surface area contributed by atoms with Crippen LogP contribution < -0.4 is 5.32 Å². The summed E-state index contributed by atoms with van der Waals surface area (Å²) in [4.78, 5) is 25.5. The summed E-state index contributed by atoms with van der Waals surface area (Å²) in [5.74, 6) is 0.519. The van der Waals surface area contributed by atoms with Gasteiger partial charge in [0.15, 0.2) is 0 Å². The van der Waals surface area contributed by atoms with Crippen molar-refractivity contribution in [2.24, 2.45) is 17.3 Å². The van der Waals surface area contributed by atoms with E-state index in [9.17, 15) is 14.7 Å². The van der Waals surface area contributed by atoms with Crippen LogP contribution >= 0.6 is 0 Å². The molecule has 0 radical (unpaired) electrons. The lowest BCUT2D eigenvalue weighted by molar-refractivity contribution is -0.149. The van der Waals surface area contributed by atoms with E-state index < -0.39 is 11.4 Å². The average Bonchev–Trinajstić information content (AvgIpc) is 3.00. The number of hydrogen-bond acceptors (Lipinski definition) is 2. The normalized spacial score (nSPS) is 25.6. The number of carboxylic acid groups (broad SMARTS) is 1. The second-order valence-corrected chi connectivity index (χ2v) is 6.31. The van der Waals surface area contributed by atoms with Crippen LogP contribution in [-0.2, 0) is 4.79 Å². The third kappa shape index (κ3) is 2.76. The first-order chi connectivity index (χ1) is 9.52. The molecule has 5 heteroatoms. The Labute approximate surface area is 120 Å². The van der Waals surface area contributed by atoms with Crippen LogP contribution in [0, 0.1) is 17.3 Å². The fourth-order valence-electron chi connectivity index (χ4n) is 3.64. The van der Waals surface area contributed by atoms with Crippen LogP contribution in [0.3, 0.4) is 0 Å². The van der Waals surface area contributed by atoms with E-state index in [1.807, 2.05) is 18.7 Å². The van der Waals surface area contributed by atoms with E-state index in [-0.39, 0.29) is 12.6 Å². The van der Waals surface area contributed by atoms with Crippen LogP contribution in [0.4, 0.5) is 4.79 Å². The van der Waals surface area contributed by atoms with Crippen molar-refractivity contribution in [3.8, 4) is 0 Å². The van der Waals surface area contributed by atoms with Crippen molar-refractivity contribution >= 4 is 12.0 Å². The average molecular weight is 282 g/mol. The first kappa shape index (κ1) is 15.1. The molecule has 2 fully saturated rings. The first-order valence-corrected chi connectivity index (χ1v) is 7.78. The molecule has 1 saturated heterocycles. The summed E-state index contributed by atoms with van der Waals surface area (Å²) >= 11 is 0. The zero-order valence-corrected chi connectivity index (χ0v) is 12.5. The van der Waals surface area contributed by atoms with E-state index >= 15 is 0 Å². The van der Waals surface area contributed by atoms with Gasteiger partial charge in [0.25, 0.3) is 0 Å². The van der Waals surface area contributed by atoms with Gasteiger partial charge in [-0.15, -0.1) is 0 Å². The Bertz CT molecular complexity index is 367. The molecule has 0 aromatic rings. The van der Waals surface area contributed by atoms with Crippen LogP contribution in [0.15, 0.2) is 0 Å². The fraction of sp³-hybridized carbons (Fsp3) is 0.867. The summed E-state index contributed by atoms with van der Waals surface area (Å²) < 4.78 is 0. The molecule has 1 aliphatic carbocycles. The third-order valence-corrected chi connectivity index (χ3v) is 5.40. The van der Waals surface area contributed by atoms with E-state index in [1.54, 1.807) is 0 Å². The number of nitrogens with one attached hydrogen (secondary N) is 1. The van der Waals surface area contributed by atoms with Gasteiger partial charge in [0.2, 0.25) is 0 Å². The number of urea groups is 1. The maximum absolute atomic E-state index is 12.2. The molecule has 0 aromatic carbocycles. The molecule has 114 valence electrons.